The Balaban J connectivity index is 2.47. The molecule has 0 spiro atoms. The minimum Gasteiger partial charge on any atom is -0.397 e. The molecule has 0 saturated carbocycles. The van der Waals surface area contributed by atoms with Crippen molar-refractivity contribution in [3.8, 4) is 0 Å². The summed E-state index contributed by atoms with van der Waals surface area (Å²) < 4.78 is 0. The number of hydrogen-bond donors (Lipinski definition) is 2. The standard InChI is InChI=1S/C16H20N2/c1-4-13-10-11(2)12(3)16(15(13)17)18-14-8-6-5-7-9-14/h5-10,18H,4,17H2,1-3H3. The SMILES string of the molecule is CCc1cc(C)c(C)c(Nc2ccccc2)c1N. The molecule has 0 saturated heterocycles. The van der Waals surface area contributed by atoms with Crippen molar-refractivity contribution in [2.24, 2.45) is 0 Å². The molecule has 0 bridgehead atoms. The highest BCUT2D eigenvalue weighted by Crippen LogP contribution is 2.32. The zero-order valence-electron chi connectivity index (χ0n) is 11.2. The van der Waals surface area contributed by atoms with E-state index in [1.165, 1.54) is 16.7 Å². The molecule has 3 N–H and O–H groups in total. The van der Waals surface area contributed by atoms with E-state index >= 15 is 0 Å². The van der Waals surface area contributed by atoms with Gasteiger partial charge in [-0.1, -0.05) is 31.2 Å². The fourth-order valence-electron chi connectivity index (χ4n) is 2.13. The number of rotatable bonds is 3. The second kappa shape index (κ2) is 5.13. The smallest absolute Gasteiger partial charge is 0.0653 e. The number of nitrogens with two attached hydrogens (primary N) is 1. The molecule has 0 aliphatic heterocycles. The summed E-state index contributed by atoms with van der Waals surface area (Å²) in [4.78, 5) is 0. The fraction of sp³-hybridized carbons (Fsp3) is 0.250. The Kier molecular flexibility index (Phi) is 3.56. The second-order valence-corrected chi connectivity index (χ2v) is 4.61. The van der Waals surface area contributed by atoms with Crippen molar-refractivity contribution in [1.29, 1.82) is 0 Å². The summed E-state index contributed by atoms with van der Waals surface area (Å²) in [5, 5.41) is 3.43. The van der Waals surface area contributed by atoms with Gasteiger partial charge in [0.25, 0.3) is 0 Å². The highest BCUT2D eigenvalue weighted by Gasteiger charge is 2.10. The van der Waals surface area contributed by atoms with Gasteiger partial charge in [-0.05, 0) is 49.1 Å². The highest BCUT2D eigenvalue weighted by atomic mass is 14.9. The van der Waals surface area contributed by atoms with E-state index in [-0.39, 0.29) is 0 Å². The predicted octanol–water partition coefficient (Wildman–Crippen LogP) is 4.19. The quantitative estimate of drug-likeness (QED) is 0.789. The number of anilines is 3. The summed E-state index contributed by atoms with van der Waals surface area (Å²) in [5.74, 6) is 0. The van der Waals surface area contributed by atoms with Gasteiger partial charge in [-0.3, -0.25) is 0 Å². The van der Waals surface area contributed by atoms with Crippen LogP contribution in [0.3, 0.4) is 0 Å². The number of para-hydroxylation sites is 1. The summed E-state index contributed by atoms with van der Waals surface area (Å²) in [6.07, 6.45) is 0.955. The number of hydrogen-bond acceptors (Lipinski definition) is 2. The lowest BCUT2D eigenvalue weighted by molar-refractivity contribution is 1.13. The minimum atomic E-state index is 0.865. The molecule has 2 nitrogen and oxygen atoms in total. The van der Waals surface area contributed by atoms with E-state index in [1.54, 1.807) is 0 Å². The zero-order chi connectivity index (χ0) is 13.1. The molecule has 0 unspecified atom stereocenters. The van der Waals surface area contributed by atoms with Crippen molar-refractivity contribution in [1.82, 2.24) is 0 Å². The molecule has 0 radical (unpaired) electrons. The third kappa shape index (κ3) is 2.33. The van der Waals surface area contributed by atoms with Crippen molar-refractivity contribution in [2.75, 3.05) is 11.1 Å². The van der Waals surface area contributed by atoms with Crippen molar-refractivity contribution in [3.05, 3.63) is 53.1 Å². The summed E-state index contributed by atoms with van der Waals surface area (Å²) in [6.45, 7) is 6.37. The van der Waals surface area contributed by atoms with Gasteiger partial charge in [-0.15, -0.1) is 0 Å². The first kappa shape index (κ1) is 12.5. The molecule has 0 atom stereocenters. The third-order valence-corrected chi connectivity index (χ3v) is 3.40. The zero-order valence-corrected chi connectivity index (χ0v) is 11.2. The van der Waals surface area contributed by atoms with Gasteiger partial charge in [0.2, 0.25) is 0 Å². The van der Waals surface area contributed by atoms with Gasteiger partial charge >= 0.3 is 0 Å². The topological polar surface area (TPSA) is 38.0 Å². The maximum atomic E-state index is 6.25. The molecular weight excluding hydrogens is 220 g/mol. The van der Waals surface area contributed by atoms with Crippen LogP contribution in [-0.2, 0) is 6.42 Å². The van der Waals surface area contributed by atoms with E-state index in [4.69, 9.17) is 5.73 Å². The van der Waals surface area contributed by atoms with Crippen LogP contribution in [0.5, 0.6) is 0 Å². The van der Waals surface area contributed by atoms with Crippen molar-refractivity contribution >= 4 is 17.1 Å². The lowest BCUT2D eigenvalue weighted by atomic mass is 9.99. The average Bonchev–Trinajstić information content (AvgIpc) is 2.40. The lowest BCUT2D eigenvalue weighted by Crippen LogP contribution is -2.04. The first-order valence-electron chi connectivity index (χ1n) is 6.34. The van der Waals surface area contributed by atoms with Gasteiger partial charge in [-0.2, -0.15) is 0 Å². The first-order chi connectivity index (χ1) is 8.63. The van der Waals surface area contributed by atoms with E-state index in [2.05, 4.69) is 32.2 Å². The van der Waals surface area contributed by atoms with Crippen LogP contribution in [0, 0.1) is 13.8 Å². The second-order valence-electron chi connectivity index (χ2n) is 4.61. The van der Waals surface area contributed by atoms with Crippen LogP contribution < -0.4 is 11.1 Å². The molecule has 94 valence electrons. The van der Waals surface area contributed by atoms with Crippen LogP contribution in [0.1, 0.15) is 23.6 Å². The molecule has 2 aromatic rings. The summed E-state index contributed by atoms with van der Waals surface area (Å²) in [7, 11) is 0. The van der Waals surface area contributed by atoms with Gasteiger partial charge in [0, 0.05) is 5.69 Å². The van der Waals surface area contributed by atoms with E-state index < -0.39 is 0 Å². The summed E-state index contributed by atoms with van der Waals surface area (Å²) in [6, 6.07) is 12.3. The molecule has 0 amide bonds. The molecule has 2 rings (SSSR count). The average molecular weight is 240 g/mol. The summed E-state index contributed by atoms with van der Waals surface area (Å²) in [5.41, 5.74) is 12.9. The molecule has 0 heterocycles. The fourth-order valence-corrected chi connectivity index (χ4v) is 2.13. The molecule has 0 aromatic heterocycles. The molecule has 0 aliphatic carbocycles. The Morgan fingerprint density at radius 2 is 1.78 bits per heavy atom. The normalized spacial score (nSPS) is 10.4. The van der Waals surface area contributed by atoms with Crippen LogP contribution >= 0.6 is 0 Å². The van der Waals surface area contributed by atoms with Gasteiger partial charge in [0.1, 0.15) is 0 Å². The van der Waals surface area contributed by atoms with Crippen LogP contribution in [-0.4, -0.2) is 0 Å². The van der Waals surface area contributed by atoms with Crippen molar-refractivity contribution in [3.63, 3.8) is 0 Å². The van der Waals surface area contributed by atoms with Crippen LogP contribution in [0.2, 0.25) is 0 Å². The van der Waals surface area contributed by atoms with Crippen molar-refractivity contribution < 1.29 is 0 Å². The van der Waals surface area contributed by atoms with Gasteiger partial charge in [-0.25, -0.2) is 0 Å². The minimum absolute atomic E-state index is 0.865. The molecule has 18 heavy (non-hydrogen) atoms. The Morgan fingerprint density at radius 1 is 1.11 bits per heavy atom. The van der Waals surface area contributed by atoms with E-state index in [0.29, 0.717) is 0 Å². The molecule has 2 heteroatoms. The Labute approximate surface area is 109 Å². The highest BCUT2D eigenvalue weighted by molar-refractivity contribution is 5.79. The molecular formula is C16H20N2. The monoisotopic (exact) mass is 240 g/mol. The van der Waals surface area contributed by atoms with Gasteiger partial charge < -0.3 is 11.1 Å². The third-order valence-electron chi connectivity index (χ3n) is 3.40. The molecule has 0 fully saturated rings. The van der Waals surface area contributed by atoms with Crippen molar-refractivity contribution in [2.45, 2.75) is 27.2 Å². The summed E-state index contributed by atoms with van der Waals surface area (Å²) >= 11 is 0. The Bertz CT molecular complexity index is 545. The number of aryl methyl sites for hydroxylation is 2. The maximum Gasteiger partial charge on any atom is 0.0653 e. The van der Waals surface area contributed by atoms with Gasteiger partial charge in [0.05, 0.1) is 11.4 Å². The lowest BCUT2D eigenvalue weighted by Gasteiger charge is -2.17. The first-order valence-corrected chi connectivity index (χ1v) is 6.34. The van der Waals surface area contributed by atoms with Crippen LogP contribution in [0.15, 0.2) is 36.4 Å². The maximum absolute atomic E-state index is 6.25. The Morgan fingerprint density at radius 3 is 2.39 bits per heavy atom. The Hall–Kier alpha value is -1.96. The number of nitrogens with one attached hydrogen (secondary N) is 1. The van der Waals surface area contributed by atoms with E-state index in [1.807, 2.05) is 30.3 Å². The van der Waals surface area contributed by atoms with E-state index in [0.717, 1.165) is 23.5 Å². The number of nitrogen functional groups attached to an aromatic ring is 1. The van der Waals surface area contributed by atoms with Gasteiger partial charge in [0.15, 0.2) is 0 Å². The van der Waals surface area contributed by atoms with Crippen LogP contribution in [0.25, 0.3) is 0 Å². The largest absolute Gasteiger partial charge is 0.397 e. The predicted molar refractivity (Wildman–Crippen MR) is 79.4 cm³/mol. The van der Waals surface area contributed by atoms with Crippen LogP contribution in [0.4, 0.5) is 17.1 Å². The molecule has 2 aromatic carbocycles. The van der Waals surface area contributed by atoms with E-state index in [9.17, 15) is 0 Å². The number of benzene rings is 2. The molecule has 0 aliphatic rings.